The second-order valence-electron chi connectivity index (χ2n) is 6.18. The van der Waals surface area contributed by atoms with E-state index in [0.717, 1.165) is 0 Å². The van der Waals surface area contributed by atoms with Crippen LogP contribution in [0.25, 0.3) is 0 Å². The quantitative estimate of drug-likeness (QED) is 0.152. The van der Waals surface area contributed by atoms with Crippen LogP contribution in [0.5, 0.6) is 0 Å². The molecule has 0 aliphatic heterocycles. The Bertz CT molecular complexity index is 413. The van der Waals surface area contributed by atoms with Gasteiger partial charge in [-0.15, -0.1) is 26.3 Å². The van der Waals surface area contributed by atoms with Crippen molar-refractivity contribution in [1.29, 1.82) is 0 Å². The largest absolute Gasteiger partial charge is 0.505 e. The molecule has 188 valence electrons. The van der Waals surface area contributed by atoms with E-state index in [9.17, 15) is 0 Å². The second kappa shape index (κ2) is 33.9. The van der Waals surface area contributed by atoms with Crippen LogP contribution in [0.4, 0.5) is 0 Å². The maximum Gasteiger partial charge on any atom is 0.0807 e. The zero-order valence-corrected chi connectivity index (χ0v) is 20.7. The van der Waals surface area contributed by atoms with Crippen molar-refractivity contribution in [2.75, 3.05) is 73.7 Å². The van der Waals surface area contributed by atoms with E-state index in [1.54, 1.807) is 44.8 Å². The Balaban J connectivity index is -0.000000395. The highest BCUT2D eigenvalue weighted by Gasteiger charge is 1.98. The monoisotopic (exact) mass is 458 g/mol. The lowest BCUT2D eigenvalue weighted by Crippen LogP contribution is -2.15. The minimum Gasteiger partial charge on any atom is -0.505 e. The lowest BCUT2D eigenvalue weighted by molar-refractivity contribution is 0.0129. The highest BCUT2D eigenvalue weighted by atomic mass is 16.5. The Morgan fingerprint density at radius 3 is 1.56 bits per heavy atom. The SMILES string of the molecule is C=CCOCC(C)OCC=C.C=CCOCCOCC=C.CO/C=C/COCC(C)OC. The molecule has 0 radical (unpaired) electrons. The van der Waals surface area contributed by atoms with Gasteiger partial charge in [0.05, 0.1) is 85.0 Å². The smallest absolute Gasteiger partial charge is 0.0807 e. The van der Waals surface area contributed by atoms with Crippen molar-refractivity contribution in [2.24, 2.45) is 0 Å². The van der Waals surface area contributed by atoms with Crippen LogP contribution >= 0.6 is 0 Å². The van der Waals surface area contributed by atoms with Gasteiger partial charge in [-0.1, -0.05) is 24.3 Å². The third-order valence-electron chi connectivity index (χ3n) is 3.13. The van der Waals surface area contributed by atoms with Crippen molar-refractivity contribution in [3.05, 3.63) is 63.0 Å². The van der Waals surface area contributed by atoms with Crippen molar-refractivity contribution >= 4 is 0 Å². The van der Waals surface area contributed by atoms with Gasteiger partial charge in [0.25, 0.3) is 0 Å². The van der Waals surface area contributed by atoms with Crippen molar-refractivity contribution in [1.82, 2.24) is 0 Å². The van der Waals surface area contributed by atoms with Gasteiger partial charge in [0.2, 0.25) is 0 Å². The van der Waals surface area contributed by atoms with Crippen LogP contribution < -0.4 is 0 Å². The number of hydrogen-bond donors (Lipinski definition) is 0. The Hall–Kier alpha value is -1.74. The van der Waals surface area contributed by atoms with Gasteiger partial charge in [-0.3, -0.25) is 0 Å². The van der Waals surface area contributed by atoms with E-state index in [1.165, 1.54) is 0 Å². The fourth-order valence-electron chi connectivity index (χ4n) is 1.55. The molecule has 0 N–H and O–H groups in total. The van der Waals surface area contributed by atoms with Gasteiger partial charge in [0.15, 0.2) is 0 Å². The number of methoxy groups -OCH3 is 2. The minimum absolute atomic E-state index is 0.132. The van der Waals surface area contributed by atoms with E-state index in [0.29, 0.717) is 59.5 Å². The molecule has 0 aliphatic carbocycles. The fraction of sp³-hybridized carbons (Fsp3) is 0.600. The van der Waals surface area contributed by atoms with Crippen LogP contribution in [0.15, 0.2) is 63.0 Å². The summed E-state index contributed by atoms with van der Waals surface area (Å²) in [5.41, 5.74) is 0. The van der Waals surface area contributed by atoms with Gasteiger partial charge in [-0.2, -0.15) is 0 Å². The molecule has 0 aliphatic rings. The van der Waals surface area contributed by atoms with E-state index >= 15 is 0 Å². The highest BCUT2D eigenvalue weighted by molar-refractivity contribution is 4.72. The molecule has 32 heavy (non-hydrogen) atoms. The van der Waals surface area contributed by atoms with Gasteiger partial charge in [-0.25, -0.2) is 0 Å². The average molecular weight is 459 g/mol. The van der Waals surface area contributed by atoms with Crippen molar-refractivity contribution in [3.8, 4) is 0 Å². The first-order valence-electron chi connectivity index (χ1n) is 10.6. The molecule has 0 amide bonds. The molecule has 0 spiro atoms. The number of hydrogen-bond acceptors (Lipinski definition) is 7. The first kappa shape index (κ1) is 34.9. The summed E-state index contributed by atoms with van der Waals surface area (Å²) in [5.74, 6) is 0. The molecule has 0 bridgehead atoms. The van der Waals surface area contributed by atoms with Gasteiger partial charge < -0.3 is 33.2 Å². The molecule has 0 aromatic carbocycles. The van der Waals surface area contributed by atoms with Crippen molar-refractivity contribution < 1.29 is 33.2 Å². The molecule has 2 unspecified atom stereocenters. The molecule has 2 atom stereocenters. The summed E-state index contributed by atoms with van der Waals surface area (Å²) in [6, 6.07) is 0. The van der Waals surface area contributed by atoms with Gasteiger partial charge in [0.1, 0.15) is 0 Å². The summed E-state index contributed by atoms with van der Waals surface area (Å²) in [6.07, 6.45) is 10.6. The highest BCUT2D eigenvalue weighted by Crippen LogP contribution is 1.91. The molecular formula is C25H46O7. The average Bonchev–Trinajstić information content (AvgIpc) is 2.80. The normalized spacial score (nSPS) is 11.9. The Morgan fingerprint density at radius 2 is 1.09 bits per heavy atom. The lowest BCUT2D eigenvalue weighted by Gasteiger charge is -2.10. The van der Waals surface area contributed by atoms with Crippen molar-refractivity contribution in [3.63, 3.8) is 0 Å². The standard InChI is InChI=1S/C9H16O2.C8H16O3.C8H14O2/c1-4-6-10-8-9(3)11-7-5-2;1-8(10-3)7-11-6-4-5-9-2;1-3-5-9-7-8-10-6-4-2/h4-5,9H,1-2,6-8H2,3H3;4-5,8H,6-7H2,1-3H3;3-4H,1-2,5-8H2/b;5-4+;. The second-order valence-corrected chi connectivity index (χ2v) is 6.18. The van der Waals surface area contributed by atoms with Crippen LogP contribution in [0, 0.1) is 0 Å². The summed E-state index contributed by atoms with van der Waals surface area (Å²) in [4.78, 5) is 0. The van der Waals surface area contributed by atoms with Crippen LogP contribution in [-0.2, 0) is 33.2 Å². The molecule has 0 heterocycles. The van der Waals surface area contributed by atoms with Crippen LogP contribution in [-0.4, -0.2) is 85.9 Å². The zero-order chi connectivity index (χ0) is 24.7. The third-order valence-corrected chi connectivity index (χ3v) is 3.13. The van der Waals surface area contributed by atoms with Gasteiger partial charge in [-0.05, 0) is 19.9 Å². The first-order chi connectivity index (χ1) is 15.5. The Kier molecular flexibility index (Phi) is 36.9. The Morgan fingerprint density at radius 1 is 0.625 bits per heavy atom. The maximum absolute atomic E-state index is 5.26. The van der Waals surface area contributed by atoms with E-state index in [1.807, 2.05) is 19.9 Å². The lowest BCUT2D eigenvalue weighted by atomic mass is 10.4. The van der Waals surface area contributed by atoms with Gasteiger partial charge >= 0.3 is 0 Å². The van der Waals surface area contributed by atoms with E-state index < -0.39 is 0 Å². The number of ether oxygens (including phenoxy) is 7. The van der Waals surface area contributed by atoms with Crippen LogP contribution in [0.1, 0.15) is 13.8 Å². The predicted molar refractivity (Wildman–Crippen MR) is 132 cm³/mol. The van der Waals surface area contributed by atoms with E-state index in [-0.39, 0.29) is 12.2 Å². The van der Waals surface area contributed by atoms with Gasteiger partial charge in [0, 0.05) is 7.11 Å². The topological polar surface area (TPSA) is 64.6 Å². The summed E-state index contributed by atoms with van der Waals surface area (Å²) in [7, 11) is 3.27. The van der Waals surface area contributed by atoms with Crippen LogP contribution in [0.2, 0.25) is 0 Å². The summed E-state index contributed by atoms with van der Waals surface area (Å²) >= 11 is 0. The maximum atomic E-state index is 5.26. The molecule has 7 nitrogen and oxygen atoms in total. The minimum atomic E-state index is 0.132. The first-order valence-corrected chi connectivity index (χ1v) is 10.6. The van der Waals surface area contributed by atoms with E-state index in [4.69, 9.17) is 28.4 Å². The summed E-state index contributed by atoms with van der Waals surface area (Å²) < 4.78 is 35.4. The summed E-state index contributed by atoms with van der Waals surface area (Å²) in [5, 5.41) is 0. The number of rotatable bonds is 20. The fourth-order valence-corrected chi connectivity index (χ4v) is 1.55. The molecule has 0 rings (SSSR count). The molecule has 7 heteroatoms. The van der Waals surface area contributed by atoms with Crippen LogP contribution in [0.3, 0.4) is 0 Å². The van der Waals surface area contributed by atoms with Crippen molar-refractivity contribution in [2.45, 2.75) is 26.1 Å². The predicted octanol–water partition coefficient (Wildman–Crippen LogP) is 4.37. The molecule has 0 aromatic heterocycles. The summed E-state index contributed by atoms with van der Waals surface area (Å²) in [6.45, 7) is 23.4. The molecule has 0 saturated carbocycles. The Labute approximate surface area is 196 Å². The van der Waals surface area contributed by atoms with E-state index in [2.05, 4.69) is 31.1 Å². The zero-order valence-electron chi connectivity index (χ0n) is 20.7. The molecule has 0 fully saturated rings. The molecule has 0 saturated heterocycles. The molecule has 0 aromatic rings. The molecular weight excluding hydrogens is 412 g/mol. The third kappa shape index (κ3) is 38.8.